The molecule has 2 aromatic heterocycles. The van der Waals surface area contributed by atoms with E-state index in [1.807, 2.05) is 48.5 Å². The van der Waals surface area contributed by atoms with E-state index in [0.717, 1.165) is 22.2 Å². The van der Waals surface area contributed by atoms with Crippen LogP contribution in [-0.2, 0) is 6.54 Å². The number of benzene rings is 2. The summed E-state index contributed by atoms with van der Waals surface area (Å²) in [7, 11) is 0. The minimum absolute atomic E-state index is 0.216. The summed E-state index contributed by atoms with van der Waals surface area (Å²) < 4.78 is 10.7. The number of nitrogens with one attached hydrogen (secondary N) is 2. The number of nitrogens with zero attached hydrogens (tertiary/aromatic N) is 3. The SMILES string of the molecule is O=C(NCc1ccc2c(c1)OCO2)c1ccnc(Nc2cccc3cccnc23)n1. The van der Waals surface area contributed by atoms with Crippen molar-refractivity contribution in [1.29, 1.82) is 0 Å². The van der Waals surface area contributed by atoms with Crippen LogP contribution in [0.15, 0.2) is 67.0 Å². The summed E-state index contributed by atoms with van der Waals surface area (Å²) in [5.41, 5.74) is 2.75. The average Bonchev–Trinajstić information content (AvgIpc) is 3.26. The van der Waals surface area contributed by atoms with Gasteiger partial charge in [0.2, 0.25) is 12.7 Å². The van der Waals surface area contributed by atoms with Gasteiger partial charge in [-0.3, -0.25) is 9.78 Å². The molecular weight excluding hydrogens is 382 g/mol. The Labute approximate surface area is 171 Å². The number of hydrogen-bond acceptors (Lipinski definition) is 7. The predicted molar refractivity (Wildman–Crippen MR) is 111 cm³/mol. The highest BCUT2D eigenvalue weighted by Gasteiger charge is 2.14. The Morgan fingerprint density at radius 1 is 0.967 bits per heavy atom. The van der Waals surface area contributed by atoms with Gasteiger partial charge in [-0.2, -0.15) is 0 Å². The average molecular weight is 399 g/mol. The molecule has 8 heteroatoms. The molecule has 1 aliphatic heterocycles. The normalized spacial score (nSPS) is 12.0. The number of carbonyl (C=O) groups excluding carboxylic acids is 1. The minimum Gasteiger partial charge on any atom is -0.454 e. The van der Waals surface area contributed by atoms with Crippen LogP contribution in [0.25, 0.3) is 10.9 Å². The third-order valence-electron chi connectivity index (χ3n) is 4.66. The smallest absolute Gasteiger partial charge is 0.270 e. The second-order valence-corrected chi connectivity index (χ2v) is 6.64. The topological polar surface area (TPSA) is 98.3 Å². The molecular formula is C22H17N5O3. The molecule has 5 rings (SSSR count). The van der Waals surface area contributed by atoms with Crippen molar-refractivity contribution in [3.63, 3.8) is 0 Å². The van der Waals surface area contributed by atoms with Crippen molar-refractivity contribution in [1.82, 2.24) is 20.3 Å². The zero-order chi connectivity index (χ0) is 20.3. The molecule has 0 spiro atoms. The molecule has 1 aliphatic rings. The fourth-order valence-electron chi connectivity index (χ4n) is 3.19. The first-order valence-electron chi connectivity index (χ1n) is 9.37. The van der Waals surface area contributed by atoms with Crippen molar-refractivity contribution in [3.8, 4) is 11.5 Å². The van der Waals surface area contributed by atoms with Crippen LogP contribution >= 0.6 is 0 Å². The highest BCUT2D eigenvalue weighted by atomic mass is 16.7. The lowest BCUT2D eigenvalue weighted by Gasteiger charge is -2.09. The third kappa shape index (κ3) is 3.58. The quantitative estimate of drug-likeness (QED) is 0.530. The van der Waals surface area contributed by atoms with Crippen molar-refractivity contribution in [2.75, 3.05) is 12.1 Å². The van der Waals surface area contributed by atoms with Gasteiger partial charge >= 0.3 is 0 Å². The van der Waals surface area contributed by atoms with E-state index in [9.17, 15) is 4.79 Å². The van der Waals surface area contributed by atoms with E-state index in [-0.39, 0.29) is 18.4 Å². The van der Waals surface area contributed by atoms with E-state index in [1.54, 1.807) is 18.5 Å². The van der Waals surface area contributed by atoms with Crippen molar-refractivity contribution in [2.24, 2.45) is 0 Å². The van der Waals surface area contributed by atoms with Crippen LogP contribution in [0.3, 0.4) is 0 Å². The van der Waals surface area contributed by atoms with Crippen LogP contribution in [-0.4, -0.2) is 27.7 Å². The number of amides is 1. The number of anilines is 2. The lowest BCUT2D eigenvalue weighted by atomic mass is 10.2. The molecule has 0 saturated carbocycles. The fraction of sp³-hybridized carbons (Fsp3) is 0.0909. The maximum atomic E-state index is 12.6. The van der Waals surface area contributed by atoms with Crippen molar-refractivity contribution in [2.45, 2.75) is 6.54 Å². The van der Waals surface area contributed by atoms with Crippen LogP contribution in [0.5, 0.6) is 11.5 Å². The molecule has 0 bridgehead atoms. The first kappa shape index (κ1) is 17.9. The first-order valence-corrected chi connectivity index (χ1v) is 9.37. The largest absolute Gasteiger partial charge is 0.454 e. The summed E-state index contributed by atoms with van der Waals surface area (Å²) in [6.45, 7) is 0.559. The van der Waals surface area contributed by atoms with Gasteiger partial charge in [-0.1, -0.05) is 24.3 Å². The maximum absolute atomic E-state index is 12.6. The molecule has 8 nitrogen and oxygen atoms in total. The molecule has 0 atom stereocenters. The van der Waals surface area contributed by atoms with Gasteiger partial charge in [-0.05, 0) is 35.9 Å². The van der Waals surface area contributed by atoms with E-state index < -0.39 is 0 Å². The van der Waals surface area contributed by atoms with Gasteiger partial charge in [0.25, 0.3) is 5.91 Å². The molecule has 0 unspecified atom stereocenters. The molecule has 2 N–H and O–H groups in total. The van der Waals surface area contributed by atoms with E-state index in [4.69, 9.17) is 9.47 Å². The van der Waals surface area contributed by atoms with E-state index >= 15 is 0 Å². The Balaban J connectivity index is 1.30. The number of para-hydroxylation sites is 1. The Bertz CT molecular complexity index is 1240. The maximum Gasteiger partial charge on any atom is 0.270 e. The number of ether oxygens (including phenoxy) is 2. The molecule has 0 saturated heterocycles. The Hall–Kier alpha value is -4.20. The Morgan fingerprint density at radius 2 is 1.87 bits per heavy atom. The highest BCUT2D eigenvalue weighted by Crippen LogP contribution is 2.32. The molecule has 0 aliphatic carbocycles. The standard InChI is InChI=1S/C22H17N5O3/c28-21(25-12-14-6-7-18-19(11-14)30-13-29-18)17-8-10-24-22(27-17)26-16-5-1-3-15-4-2-9-23-20(15)16/h1-11H,12-13H2,(H,25,28)(H,24,26,27). The number of fused-ring (bicyclic) bond motifs is 2. The van der Waals surface area contributed by atoms with Crippen LogP contribution in [0.1, 0.15) is 16.1 Å². The van der Waals surface area contributed by atoms with Gasteiger partial charge in [-0.15, -0.1) is 0 Å². The molecule has 30 heavy (non-hydrogen) atoms. The third-order valence-corrected chi connectivity index (χ3v) is 4.66. The molecule has 2 aromatic carbocycles. The number of pyridine rings is 1. The van der Waals surface area contributed by atoms with Crippen molar-refractivity contribution < 1.29 is 14.3 Å². The second kappa shape index (κ2) is 7.67. The van der Waals surface area contributed by atoms with Crippen LogP contribution in [0.4, 0.5) is 11.6 Å². The lowest BCUT2D eigenvalue weighted by molar-refractivity contribution is 0.0946. The summed E-state index contributed by atoms with van der Waals surface area (Å²) >= 11 is 0. The minimum atomic E-state index is -0.297. The van der Waals surface area contributed by atoms with Gasteiger partial charge in [0, 0.05) is 24.3 Å². The predicted octanol–water partition coefficient (Wildman–Crippen LogP) is 3.43. The van der Waals surface area contributed by atoms with E-state index in [1.165, 1.54) is 0 Å². The van der Waals surface area contributed by atoms with Crippen molar-refractivity contribution in [3.05, 3.63) is 78.2 Å². The van der Waals surface area contributed by atoms with Crippen LogP contribution in [0, 0.1) is 0 Å². The second-order valence-electron chi connectivity index (χ2n) is 6.64. The molecule has 0 fully saturated rings. The zero-order valence-corrected chi connectivity index (χ0v) is 15.8. The Kier molecular flexibility index (Phi) is 4.57. The van der Waals surface area contributed by atoms with Gasteiger partial charge in [-0.25, -0.2) is 9.97 Å². The number of rotatable bonds is 5. The van der Waals surface area contributed by atoms with Crippen molar-refractivity contribution >= 4 is 28.4 Å². The number of aromatic nitrogens is 3. The summed E-state index contributed by atoms with van der Waals surface area (Å²) in [6.07, 6.45) is 3.28. The summed E-state index contributed by atoms with van der Waals surface area (Å²) in [6, 6.07) is 16.8. The first-order chi connectivity index (χ1) is 14.8. The van der Waals surface area contributed by atoms with E-state index in [0.29, 0.717) is 24.0 Å². The zero-order valence-electron chi connectivity index (χ0n) is 15.8. The highest BCUT2D eigenvalue weighted by molar-refractivity contribution is 5.93. The van der Waals surface area contributed by atoms with Gasteiger partial charge < -0.3 is 20.1 Å². The molecule has 148 valence electrons. The summed E-state index contributed by atoms with van der Waals surface area (Å²) in [5.74, 6) is 1.41. The molecule has 1 amide bonds. The van der Waals surface area contributed by atoms with Gasteiger partial charge in [0.05, 0.1) is 11.2 Å². The summed E-state index contributed by atoms with van der Waals surface area (Å²) in [5, 5.41) is 7.01. The number of hydrogen-bond donors (Lipinski definition) is 2. The van der Waals surface area contributed by atoms with Gasteiger partial charge in [0.1, 0.15) is 5.69 Å². The van der Waals surface area contributed by atoms with Crippen LogP contribution < -0.4 is 20.1 Å². The molecule has 0 radical (unpaired) electrons. The lowest BCUT2D eigenvalue weighted by Crippen LogP contribution is -2.24. The number of carbonyl (C=O) groups is 1. The van der Waals surface area contributed by atoms with E-state index in [2.05, 4.69) is 25.6 Å². The Morgan fingerprint density at radius 3 is 2.83 bits per heavy atom. The molecule has 3 heterocycles. The molecule has 4 aromatic rings. The summed E-state index contributed by atoms with van der Waals surface area (Å²) in [4.78, 5) is 25.5. The van der Waals surface area contributed by atoms with Gasteiger partial charge in [0.15, 0.2) is 11.5 Å². The fourth-order valence-corrected chi connectivity index (χ4v) is 3.19. The van der Waals surface area contributed by atoms with Crippen LogP contribution in [0.2, 0.25) is 0 Å². The monoisotopic (exact) mass is 399 g/mol.